The van der Waals surface area contributed by atoms with Gasteiger partial charge in [0.15, 0.2) is 0 Å². The van der Waals surface area contributed by atoms with Crippen LogP contribution >= 0.6 is 0 Å². The molecule has 1 aliphatic rings. The van der Waals surface area contributed by atoms with Crippen molar-refractivity contribution in [3.63, 3.8) is 0 Å². The van der Waals surface area contributed by atoms with Crippen molar-refractivity contribution in [2.45, 2.75) is 35.6 Å². The molecule has 27 heavy (non-hydrogen) atoms. The highest BCUT2D eigenvalue weighted by atomic mass is 32.2. The highest BCUT2D eigenvalue weighted by Crippen LogP contribution is 2.23. The van der Waals surface area contributed by atoms with Gasteiger partial charge >= 0.3 is 0 Å². The largest absolute Gasteiger partial charge is 0.326 e. The third kappa shape index (κ3) is 5.06. The van der Waals surface area contributed by atoms with E-state index in [1.807, 2.05) is 0 Å². The van der Waals surface area contributed by atoms with E-state index in [0.29, 0.717) is 5.69 Å². The number of rotatable bonds is 7. The minimum absolute atomic E-state index is 0.00589. The minimum atomic E-state index is -3.84. The van der Waals surface area contributed by atoms with E-state index in [1.54, 1.807) is 0 Å². The van der Waals surface area contributed by atoms with Crippen LogP contribution in [0.15, 0.2) is 58.3 Å². The van der Waals surface area contributed by atoms with Crippen molar-refractivity contribution in [2.75, 3.05) is 10.0 Å². The normalized spacial score (nSPS) is 14.6. The molecular formula is C17H19N3O5S2. The van der Waals surface area contributed by atoms with E-state index < -0.39 is 20.0 Å². The lowest BCUT2D eigenvalue weighted by Gasteiger charge is -2.10. The van der Waals surface area contributed by atoms with Crippen LogP contribution in [-0.4, -0.2) is 28.8 Å². The van der Waals surface area contributed by atoms with Crippen LogP contribution in [0, 0.1) is 0 Å². The second-order valence-electron chi connectivity index (χ2n) is 6.23. The molecule has 3 rings (SSSR count). The molecular weight excluding hydrogens is 390 g/mol. The maximum absolute atomic E-state index is 12.4. The molecule has 0 saturated heterocycles. The van der Waals surface area contributed by atoms with Crippen molar-refractivity contribution < 1.29 is 21.6 Å². The Labute approximate surface area is 158 Å². The summed E-state index contributed by atoms with van der Waals surface area (Å²) in [4.78, 5) is 11.1. The van der Waals surface area contributed by atoms with Crippen LogP contribution in [0.5, 0.6) is 0 Å². The molecule has 0 aliphatic heterocycles. The molecule has 1 aliphatic carbocycles. The van der Waals surface area contributed by atoms with Crippen LogP contribution in [0.2, 0.25) is 0 Å². The molecule has 0 aromatic heterocycles. The summed E-state index contributed by atoms with van der Waals surface area (Å²) in [6.07, 6.45) is 1.66. The van der Waals surface area contributed by atoms with Crippen LogP contribution in [0.25, 0.3) is 0 Å². The highest BCUT2D eigenvalue weighted by Gasteiger charge is 2.28. The summed E-state index contributed by atoms with van der Waals surface area (Å²) in [7, 11) is -7.43. The van der Waals surface area contributed by atoms with Crippen molar-refractivity contribution in [2.24, 2.45) is 0 Å². The fraction of sp³-hybridized carbons (Fsp3) is 0.235. The van der Waals surface area contributed by atoms with Crippen LogP contribution in [0.4, 0.5) is 11.4 Å². The summed E-state index contributed by atoms with van der Waals surface area (Å²) < 4.78 is 54.1. The molecule has 2 aromatic carbocycles. The molecule has 144 valence electrons. The molecule has 0 bridgehead atoms. The Bertz CT molecular complexity index is 1040. The van der Waals surface area contributed by atoms with Gasteiger partial charge in [0, 0.05) is 24.3 Å². The molecule has 2 aromatic rings. The second kappa shape index (κ2) is 7.29. The molecule has 0 spiro atoms. The van der Waals surface area contributed by atoms with Gasteiger partial charge in [-0.25, -0.2) is 21.6 Å². The van der Waals surface area contributed by atoms with Crippen LogP contribution in [0.1, 0.15) is 19.8 Å². The van der Waals surface area contributed by atoms with Gasteiger partial charge < -0.3 is 5.32 Å². The standard InChI is InChI=1S/C17H19N3O5S2/c1-12(21)18-13-4-8-16(9-5-13)26(22,23)20-15-6-10-17(11-7-15)27(24,25)19-14-2-3-14/h4-11,14,19-20H,2-3H2,1H3,(H,18,21). The number of benzene rings is 2. The lowest BCUT2D eigenvalue weighted by atomic mass is 10.3. The Morgan fingerprint density at radius 2 is 1.30 bits per heavy atom. The molecule has 0 radical (unpaired) electrons. The van der Waals surface area contributed by atoms with Gasteiger partial charge in [-0.2, -0.15) is 0 Å². The van der Waals surface area contributed by atoms with E-state index in [-0.39, 0.29) is 27.4 Å². The molecule has 3 N–H and O–H groups in total. The Balaban J connectivity index is 1.72. The first-order chi connectivity index (χ1) is 12.7. The van der Waals surface area contributed by atoms with Crippen molar-refractivity contribution in [1.82, 2.24) is 4.72 Å². The van der Waals surface area contributed by atoms with Crippen molar-refractivity contribution >= 4 is 37.3 Å². The lowest BCUT2D eigenvalue weighted by molar-refractivity contribution is -0.114. The molecule has 1 amide bonds. The fourth-order valence-corrected chi connectivity index (χ4v) is 4.69. The number of amides is 1. The number of carbonyl (C=O) groups is 1. The number of hydrogen-bond acceptors (Lipinski definition) is 5. The Kier molecular flexibility index (Phi) is 5.22. The molecule has 1 saturated carbocycles. The van der Waals surface area contributed by atoms with E-state index >= 15 is 0 Å². The second-order valence-corrected chi connectivity index (χ2v) is 9.63. The van der Waals surface area contributed by atoms with Crippen LogP contribution in [0.3, 0.4) is 0 Å². The average molecular weight is 409 g/mol. The molecule has 10 heteroatoms. The predicted molar refractivity (Wildman–Crippen MR) is 101 cm³/mol. The number of carbonyl (C=O) groups excluding carboxylic acids is 1. The van der Waals surface area contributed by atoms with Crippen molar-refractivity contribution in [1.29, 1.82) is 0 Å². The maximum Gasteiger partial charge on any atom is 0.261 e. The zero-order chi connectivity index (χ0) is 19.7. The third-order valence-corrected chi connectivity index (χ3v) is 6.73. The first kappa shape index (κ1) is 19.3. The van der Waals surface area contributed by atoms with E-state index in [4.69, 9.17) is 0 Å². The molecule has 0 heterocycles. The SMILES string of the molecule is CC(=O)Nc1ccc(S(=O)(=O)Nc2ccc(S(=O)(=O)NC3CC3)cc2)cc1. The Hall–Kier alpha value is -2.43. The van der Waals surface area contributed by atoms with Gasteiger partial charge in [0.1, 0.15) is 0 Å². The van der Waals surface area contributed by atoms with Gasteiger partial charge in [0.25, 0.3) is 10.0 Å². The summed E-state index contributed by atoms with van der Waals surface area (Å²) in [6.45, 7) is 1.36. The monoisotopic (exact) mass is 409 g/mol. The van der Waals surface area contributed by atoms with E-state index in [0.717, 1.165) is 12.8 Å². The number of sulfonamides is 2. The van der Waals surface area contributed by atoms with E-state index in [2.05, 4.69) is 14.8 Å². The quantitative estimate of drug-likeness (QED) is 0.645. The zero-order valence-electron chi connectivity index (χ0n) is 14.5. The van der Waals surface area contributed by atoms with Gasteiger partial charge in [0.2, 0.25) is 15.9 Å². The first-order valence-corrected chi connectivity index (χ1v) is 11.2. The third-order valence-electron chi connectivity index (χ3n) is 3.80. The van der Waals surface area contributed by atoms with Gasteiger partial charge in [-0.15, -0.1) is 0 Å². The summed E-state index contributed by atoms with van der Waals surface area (Å²) in [5, 5.41) is 2.55. The van der Waals surface area contributed by atoms with Crippen molar-refractivity contribution in [3.05, 3.63) is 48.5 Å². The van der Waals surface area contributed by atoms with Gasteiger partial charge in [0.05, 0.1) is 9.79 Å². The van der Waals surface area contributed by atoms with Gasteiger partial charge in [-0.3, -0.25) is 9.52 Å². The number of anilines is 2. The molecule has 0 unspecified atom stereocenters. The minimum Gasteiger partial charge on any atom is -0.326 e. The number of hydrogen-bond donors (Lipinski definition) is 3. The molecule has 0 atom stereocenters. The smallest absolute Gasteiger partial charge is 0.261 e. The highest BCUT2D eigenvalue weighted by molar-refractivity contribution is 7.92. The summed E-state index contributed by atoms with van der Waals surface area (Å²) in [5.41, 5.74) is 0.727. The Morgan fingerprint density at radius 1 is 0.815 bits per heavy atom. The van der Waals surface area contributed by atoms with E-state index in [9.17, 15) is 21.6 Å². The predicted octanol–water partition coefficient (Wildman–Crippen LogP) is 1.89. The van der Waals surface area contributed by atoms with E-state index in [1.165, 1.54) is 55.5 Å². The fourth-order valence-electron chi connectivity index (χ4n) is 2.33. The van der Waals surface area contributed by atoms with Crippen LogP contribution < -0.4 is 14.8 Å². The molecule has 8 nitrogen and oxygen atoms in total. The van der Waals surface area contributed by atoms with Crippen LogP contribution in [-0.2, 0) is 24.8 Å². The summed E-state index contributed by atoms with van der Waals surface area (Å²) in [6, 6.07) is 11.2. The zero-order valence-corrected chi connectivity index (χ0v) is 16.1. The topological polar surface area (TPSA) is 121 Å². The summed E-state index contributed by atoms with van der Waals surface area (Å²) in [5.74, 6) is -0.255. The Morgan fingerprint density at radius 3 is 1.78 bits per heavy atom. The van der Waals surface area contributed by atoms with Gasteiger partial charge in [-0.1, -0.05) is 0 Å². The summed E-state index contributed by atoms with van der Waals surface area (Å²) >= 11 is 0. The first-order valence-electron chi connectivity index (χ1n) is 8.19. The van der Waals surface area contributed by atoms with Crippen molar-refractivity contribution in [3.8, 4) is 0 Å². The molecule has 1 fully saturated rings. The average Bonchev–Trinajstić information content (AvgIpc) is 3.38. The lowest BCUT2D eigenvalue weighted by Crippen LogP contribution is -2.25. The maximum atomic E-state index is 12.4. The van der Waals surface area contributed by atoms with Gasteiger partial charge in [-0.05, 0) is 61.4 Å². The number of nitrogens with one attached hydrogen (secondary N) is 3.